The van der Waals surface area contributed by atoms with Gasteiger partial charge in [0.2, 0.25) is 11.8 Å². The first-order valence-electron chi connectivity index (χ1n) is 9.64. The summed E-state index contributed by atoms with van der Waals surface area (Å²) < 4.78 is 27.0. The molecule has 2 N–H and O–H groups in total. The number of aryl methyl sites for hydroxylation is 1. The second-order valence-electron chi connectivity index (χ2n) is 7.72. The standard InChI is InChI=1S/C20H27N3O4S/c1-14-3-7-16(8-4-14)22-19(24)13-18-20(25)21-11-12-23(18)28(26,27)17-9-5-15(2)6-10-17/h5-6,9-12,14,16,18H,3-4,7-8,13H2,1-2H3,(H,21,25)(H,22,24)/t14-,16+,18-/m1/s1. The molecule has 1 atom stereocenters. The lowest BCUT2D eigenvalue weighted by atomic mass is 9.87. The predicted octanol–water partition coefficient (Wildman–Crippen LogP) is 2.04. The second-order valence-corrected chi connectivity index (χ2v) is 9.56. The van der Waals surface area contributed by atoms with Crippen LogP contribution in [0.4, 0.5) is 0 Å². The molecule has 152 valence electrons. The molecule has 2 aliphatic rings. The van der Waals surface area contributed by atoms with Crippen molar-refractivity contribution in [2.45, 2.75) is 62.9 Å². The summed E-state index contributed by atoms with van der Waals surface area (Å²) in [5.41, 5.74) is 0.934. The summed E-state index contributed by atoms with van der Waals surface area (Å²) in [5.74, 6) is -0.151. The van der Waals surface area contributed by atoms with E-state index in [1.54, 1.807) is 12.1 Å². The molecule has 0 unspecified atom stereocenters. The highest BCUT2D eigenvalue weighted by atomic mass is 32.2. The van der Waals surface area contributed by atoms with Gasteiger partial charge in [0.1, 0.15) is 6.04 Å². The van der Waals surface area contributed by atoms with Crippen LogP contribution in [0.1, 0.15) is 44.6 Å². The molecule has 2 amide bonds. The molecular weight excluding hydrogens is 378 g/mol. The lowest BCUT2D eigenvalue weighted by Gasteiger charge is -2.32. The zero-order valence-corrected chi connectivity index (χ0v) is 17.0. The number of amides is 2. The first-order chi connectivity index (χ1) is 13.3. The van der Waals surface area contributed by atoms with E-state index < -0.39 is 22.0 Å². The number of nitrogens with one attached hydrogen (secondary N) is 2. The Balaban J connectivity index is 1.74. The highest BCUT2D eigenvalue weighted by molar-refractivity contribution is 7.89. The Hall–Kier alpha value is -2.35. The van der Waals surface area contributed by atoms with Gasteiger partial charge in [-0.25, -0.2) is 8.42 Å². The summed E-state index contributed by atoms with van der Waals surface area (Å²) >= 11 is 0. The third-order valence-corrected chi connectivity index (χ3v) is 7.21. The van der Waals surface area contributed by atoms with Crippen molar-refractivity contribution < 1.29 is 18.0 Å². The number of carbonyl (C=O) groups is 2. The molecule has 1 aliphatic carbocycles. The van der Waals surface area contributed by atoms with Gasteiger partial charge in [-0.1, -0.05) is 24.6 Å². The quantitative estimate of drug-likeness (QED) is 0.784. The lowest BCUT2D eigenvalue weighted by Crippen LogP contribution is -2.51. The molecular formula is C20H27N3O4S. The topological polar surface area (TPSA) is 95.6 Å². The van der Waals surface area contributed by atoms with Gasteiger partial charge in [0.05, 0.1) is 11.3 Å². The maximum Gasteiger partial charge on any atom is 0.264 e. The molecule has 7 nitrogen and oxygen atoms in total. The smallest absolute Gasteiger partial charge is 0.264 e. The fourth-order valence-corrected chi connectivity index (χ4v) is 5.09. The normalized spacial score (nSPS) is 25.3. The van der Waals surface area contributed by atoms with E-state index in [1.807, 2.05) is 6.92 Å². The second kappa shape index (κ2) is 8.34. The third kappa shape index (κ3) is 4.55. The monoisotopic (exact) mass is 405 g/mol. The molecule has 1 fully saturated rings. The van der Waals surface area contributed by atoms with Crippen LogP contribution in [0, 0.1) is 12.8 Å². The molecule has 0 radical (unpaired) electrons. The molecule has 0 saturated heterocycles. The molecule has 0 spiro atoms. The number of rotatable bonds is 5. The Morgan fingerprint density at radius 2 is 1.82 bits per heavy atom. The minimum absolute atomic E-state index is 0.0872. The van der Waals surface area contributed by atoms with E-state index in [2.05, 4.69) is 17.6 Å². The number of nitrogens with zero attached hydrogens (tertiary/aromatic N) is 1. The number of benzene rings is 1. The van der Waals surface area contributed by atoms with Gasteiger partial charge in [0.25, 0.3) is 10.0 Å². The Kier molecular flexibility index (Phi) is 6.07. The van der Waals surface area contributed by atoms with Crippen LogP contribution in [0.25, 0.3) is 0 Å². The first-order valence-corrected chi connectivity index (χ1v) is 11.1. The Morgan fingerprint density at radius 1 is 1.18 bits per heavy atom. The van der Waals surface area contributed by atoms with Crippen molar-refractivity contribution >= 4 is 21.8 Å². The minimum atomic E-state index is -3.94. The fourth-order valence-electron chi connectivity index (χ4n) is 3.64. The number of carbonyl (C=O) groups excluding carboxylic acids is 2. The molecule has 8 heteroatoms. The maximum atomic E-state index is 13.0. The third-order valence-electron chi connectivity index (χ3n) is 5.41. The van der Waals surface area contributed by atoms with Crippen LogP contribution < -0.4 is 10.6 Å². The van der Waals surface area contributed by atoms with E-state index in [9.17, 15) is 18.0 Å². The van der Waals surface area contributed by atoms with Crippen LogP contribution >= 0.6 is 0 Å². The average Bonchev–Trinajstić information content (AvgIpc) is 2.65. The molecule has 28 heavy (non-hydrogen) atoms. The van der Waals surface area contributed by atoms with Crippen molar-refractivity contribution in [3.8, 4) is 0 Å². The van der Waals surface area contributed by atoms with Crippen LogP contribution in [-0.2, 0) is 19.6 Å². The molecule has 1 heterocycles. The van der Waals surface area contributed by atoms with Crippen molar-refractivity contribution in [2.24, 2.45) is 5.92 Å². The molecule has 1 saturated carbocycles. The van der Waals surface area contributed by atoms with E-state index in [1.165, 1.54) is 24.5 Å². The summed E-state index contributed by atoms with van der Waals surface area (Å²) in [5, 5.41) is 5.47. The van der Waals surface area contributed by atoms with Crippen LogP contribution in [0.5, 0.6) is 0 Å². The van der Waals surface area contributed by atoms with Gasteiger partial charge in [-0.15, -0.1) is 0 Å². The summed E-state index contributed by atoms with van der Waals surface area (Å²) in [7, 11) is -3.94. The van der Waals surface area contributed by atoms with E-state index in [4.69, 9.17) is 0 Å². The Labute approximate surface area is 166 Å². The minimum Gasteiger partial charge on any atom is -0.353 e. The van der Waals surface area contributed by atoms with Gasteiger partial charge < -0.3 is 10.6 Å². The zero-order valence-electron chi connectivity index (χ0n) is 16.2. The van der Waals surface area contributed by atoms with Gasteiger partial charge >= 0.3 is 0 Å². The van der Waals surface area contributed by atoms with E-state index in [0.717, 1.165) is 35.6 Å². The van der Waals surface area contributed by atoms with Crippen molar-refractivity contribution in [2.75, 3.05) is 0 Å². The van der Waals surface area contributed by atoms with Crippen molar-refractivity contribution in [3.05, 3.63) is 42.2 Å². The lowest BCUT2D eigenvalue weighted by molar-refractivity contribution is -0.129. The van der Waals surface area contributed by atoms with Crippen LogP contribution in [-0.4, -0.2) is 36.6 Å². The van der Waals surface area contributed by atoms with E-state index >= 15 is 0 Å². The highest BCUT2D eigenvalue weighted by Gasteiger charge is 2.37. The maximum absolute atomic E-state index is 13.0. The molecule has 1 aromatic rings. The molecule has 1 aromatic carbocycles. The Bertz CT molecular complexity index is 856. The zero-order chi connectivity index (χ0) is 20.3. The van der Waals surface area contributed by atoms with Gasteiger partial charge in [-0.2, -0.15) is 0 Å². The summed E-state index contributed by atoms with van der Waals surface area (Å²) in [6, 6.07) is 5.39. The summed E-state index contributed by atoms with van der Waals surface area (Å²) in [4.78, 5) is 25.0. The molecule has 0 bridgehead atoms. The molecule has 0 aromatic heterocycles. The largest absolute Gasteiger partial charge is 0.353 e. The average molecular weight is 406 g/mol. The van der Waals surface area contributed by atoms with Gasteiger partial charge in [-0.3, -0.25) is 13.9 Å². The van der Waals surface area contributed by atoms with Crippen molar-refractivity contribution in [1.29, 1.82) is 0 Å². The van der Waals surface area contributed by atoms with Gasteiger partial charge in [0.15, 0.2) is 0 Å². The summed E-state index contributed by atoms with van der Waals surface area (Å²) in [6.07, 6.45) is 6.32. The van der Waals surface area contributed by atoms with E-state index in [0.29, 0.717) is 5.92 Å². The predicted molar refractivity (Wildman–Crippen MR) is 105 cm³/mol. The van der Waals surface area contributed by atoms with E-state index in [-0.39, 0.29) is 23.3 Å². The summed E-state index contributed by atoms with van der Waals surface area (Å²) in [6.45, 7) is 4.06. The Morgan fingerprint density at radius 3 is 2.46 bits per heavy atom. The van der Waals surface area contributed by atoms with Gasteiger partial charge in [-0.05, 0) is 50.7 Å². The van der Waals surface area contributed by atoms with Crippen LogP contribution in [0.15, 0.2) is 41.6 Å². The number of hydrogen-bond acceptors (Lipinski definition) is 4. The SMILES string of the molecule is Cc1ccc(S(=O)(=O)N2C=CNC(=O)[C@H]2CC(=O)N[C@H]2CC[C@@H](C)CC2)cc1. The highest BCUT2D eigenvalue weighted by Crippen LogP contribution is 2.25. The molecule has 1 aliphatic heterocycles. The van der Waals surface area contributed by atoms with Gasteiger partial charge in [0, 0.05) is 18.4 Å². The van der Waals surface area contributed by atoms with Crippen LogP contribution in [0.3, 0.4) is 0 Å². The fraction of sp³-hybridized carbons (Fsp3) is 0.500. The first kappa shape index (κ1) is 20.4. The van der Waals surface area contributed by atoms with Crippen molar-refractivity contribution in [1.82, 2.24) is 14.9 Å². The molecule has 3 rings (SSSR count). The van der Waals surface area contributed by atoms with Crippen LogP contribution in [0.2, 0.25) is 0 Å². The van der Waals surface area contributed by atoms with Crippen molar-refractivity contribution in [3.63, 3.8) is 0 Å². The number of hydrogen-bond donors (Lipinski definition) is 2. The number of sulfonamides is 1.